The van der Waals surface area contributed by atoms with Crippen LogP contribution in [0.5, 0.6) is 11.5 Å². The van der Waals surface area contributed by atoms with E-state index in [0.717, 1.165) is 32.7 Å². The third-order valence-electron chi connectivity index (χ3n) is 3.58. The molecule has 0 aliphatic carbocycles. The number of methoxy groups -OCH3 is 1. The van der Waals surface area contributed by atoms with Gasteiger partial charge in [0.2, 0.25) is 0 Å². The molecule has 0 atom stereocenters. The van der Waals surface area contributed by atoms with Crippen LogP contribution in [0.1, 0.15) is 5.56 Å². The summed E-state index contributed by atoms with van der Waals surface area (Å²) in [6, 6.07) is 24.2. The summed E-state index contributed by atoms with van der Waals surface area (Å²) in [6.07, 6.45) is 0. The van der Waals surface area contributed by atoms with Gasteiger partial charge in [-0.2, -0.15) is 0 Å². The van der Waals surface area contributed by atoms with Crippen LogP contribution >= 0.6 is 15.9 Å². The fourth-order valence-corrected chi connectivity index (χ4v) is 3.04. The number of halogens is 1. The molecule has 23 heavy (non-hydrogen) atoms. The fourth-order valence-electron chi connectivity index (χ4n) is 2.39. The Morgan fingerprint density at radius 1 is 0.870 bits per heavy atom. The Morgan fingerprint density at radius 3 is 2.43 bits per heavy atom. The van der Waals surface area contributed by atoms with Gasteiger partial charge in [0.05, 0.1) is 11.6 Å². The van der Waals surface area contributed by atoms with Gasteiger partial charge in [0.15, 0.2) is 0 Å². The van der Waals surface area contributed by atoms with Crippen LogP contribution in [-0.2, 0) is 6.61 Å². The van der Waals surface area contributed by atoms with Crippen LogP contribution in [0, 0.1) is 0 Å². The van der Waals surface area contributed by atoms with E-state index in [2.05, 4.69) is 40.2 Å². The first kappa shape index (κ1) is 15.6. The first-order valence-electron chi connectivity index (χ1n) is 7.37. The quantitative estimate of drug-likeness (QED) is 0.574. The van der Waals surface area contributed by atoms with Crippen molar-refractivity contribution in [1.82, 2.24) is 0 Å². The topological polar surface area (TPSA) is 18.5 Å². The van der Waals surface area contributed by atoms with E-state index >= 15 is 0 Å². The van der Waals surface area contributed by atoms with Crippen molar-refractivity contribution >= 4 is 15.9 Å². The van der Waals surface area contributed by atoms with Gasteiger partial charge in [-0.25, -0.2) is 0 Å². The van der Waals surface area contributed by atoms with Gasteiger partial charge in [0.1, 0.15) is 18.1 Å². The van der Waals surface area contributed by atoms with Crippen LogP contribution in [0.2, 0.25) is 0 Å². The molecule has 3 aromatic rings. The first-order chi connectivity index (χ1) is 11.3. The minimum absolute atomic E-state index is 0.559. The average molecular weight is 369 g/mol. The van der Waals surface area contributed by atoms with E-state index in [1.54, 1.807) is 7.11 Å². The molecule has 0 N–H and O–H groups in total. The lowest BCUT2D eigenvalue weighted by atomic mass is 10.1. The smallest absolute Gasteiger partial charge is 0.133 e. The molecular formula is C20H17BrO2. The zero-order chi connectivity index (χ0) is 16.1. The Hall–Kier alpha value is -2.26. The molecule has 0 aromatic heterocycles. The first-order valence-corrected chi connectivity index (χ1v) is 8.17. The molecule has 3 aromatic carbocycles. The van der Waals surface area contributed by atoms with Crippen LogP contribution < -0.4 is 9.47 Å². The van der Waals surface area contributed by atoms with Crippen LogP contribution in [0.25, 0.3) is 11.1 Å². The van der Waals surface area contributed by atoms with Gasteiger partial charge in [0, 0.05) is 0 Å². The minimum Gasteiger partial charge on any atom is -0.496 e. The molecule has 3 heteroatoms. The van der Waals surface area contributed by atoms with Crippen LogP contribution in [0.3, 0.4) is 0 Å². The van der Waals surface area contributed by atoms with Gasteiger partial charge in [-0.1, -0.05) is 54.6 Å². The molecule has 0 aliphatic heterocycles. The van der Waals surface area contributed by atoms with Gasteiger partial charge in [-0.15, -0.1) is 0 Å². The summed E-state index contributed by atoms with van der Waals surface area (Å²) < 4.78 is 12.2. The van der Waals surface area contributed by atoms with Crippen molar-refractivity contribution in [2.45, 2.75) is 6.61 Å². The van der Waals surface area contributed by atoms with E-state index in [4.69, 9.17) is 9.47 Å². The lowest BCUT2D eigenvalue weighted by Gasteiger charge is -2.11. The lowest BCUT2D eigenvalue weighted by Crippen LogP contribution is -1.95. The van der Waals surface area contributed by atoms with E-state index in [-0.39, 0.29) is 0 Å². The molecule has 3 rings (SSSR count). The summed E-state index contributed by atoms with van der Waals surface area (Å²) in [6.45, 7) is 0.559. The Bertz CT molecular complexity index is 785. The Labute approximate surface area is 144 Å². The molecule has 0 fully saturated rings. The summed E-state index contributed by atoms with van der Waals surface area (Å²) in [4.78, 5) is 0. The summed E-state index contributed by atoms with van der Waals surface area (Å²) in [5, 5.41) is 0. The van der Waals surface area contributed by atoms with Crippen molar-refractivity contribution in [2.75, 3.05) is 7.11 Å². The number of hydrogen-bond donors (Lipinski definition) is 0. The summed E-state index contributed by atoms with van der Waals surface area (Å²) in [7, 11) is 1.67. The second kappa shape index (κ2) is 7.34. The van der Waals surface area contributed by atoms with Crippen molar-refractivity contribution in [1.29, 1.82) is 0 Å². The average Bonchev–Trinajstić information content (AvgIpc) is 2.61. The van der Waals surface area contributed by atoms with E-state index in [1.807, 2.05) is 48.5 Å². The predicted molar refractivity (Wildman–Crippen MR) is 96.9 cm³/mol. The van der Waals surface area contributed by atoms with Crippen LogP contribution in [0.4, 0.5) is 0 Å². The summed E-state index contributed by atoms with van der Waals surface area (Å²) in [5.74, 6) is 1.67. The molecule has 0 saturated carbocycles. The molecule has 0 unspecified atom stereocenters. The maximum Gasteiger partial charge on any atom is 0.133 e. The van der Waals surface area contributed by atoms with Crippen molar-refractivity contribution in [2.24, 2.45) is 0 Å². The predicted octanol–water partition coefficient (Wildman–Crippen LogP) is 5.70. The second-order valence-electron chi connectivity index (χ2n) is 5.12. The zero-order valence-corrected chi connectivity index (χ0v) is 14.4. The zero-order valence-electron chi connectivity index (χ0n) is 12.8. The van der Waals surface area contributed by atoms with E-state index in [1.165, 1.54) is 0 Å². The molecule has 0 heterocycles. The summed E-state index contributed by atoms with van der Waals surface area (Å²) in [5.41, 5.74) is 3.32. The molecule has 116 valence electrons. The molecule has 2 nitrogen and oxygen atoms in total. The molecule has 0 spiro atoms. The summed E-state index contributed by atoms with van der Waals surface area (Å²) >= 11 is 3.61. The van der Waals surface area contributed by atoms with Gasteiger partial charge < -0.3 is 9.47 Å². The molecule has 0 aliphatic rings. The van der Waals surface area contributed by atoms with Gasteiger partial charge in [-0.05, 0) is 50.8 Å². The molecule has 0 bridgehead atoms. The maximum atomic E-state index is 5.90. The maximum absolute atomic E-state index is 5.90. The highest BCUT2D eigenvalue weighted by Crippen LogP contribution is 2.36. The van der Waals surface area contributed by atoms with Crippen molar-refractivity contribution in [3.8, 4) is 22.6 Å². The van der Waals surface area contributed by atoms with Gasteiger partial charge in [0.25, 0.3) is 0 Å². The van der Waals surface area contributed by atoms with Crippen LogP contribution in [0.15, 0.2) is 77.3 Å². The molecule has 0 saturated heterocycles. The van der Waals surface area contributed by atoms with Crippen molar-refractivity contribution in [3.63, 3.8) is 0 Å². The largest absolute Gasteiger partial charge is 0.496 e. The highest BCUT2D eigenvalue weighted by atomic mass is 79.9. The minimum atomic E-state index is 0.559. The van der Waals surface area contributed by atoms with E-state index in [9.17, 15) is 0 Å². The van der Waals surface area contributed by atoms with E-state index < -0.39 is 0 Å². The third-order valence-corrected chi connectivity index (χ3v) is 4.39. The Kier molecular flexibility index (Phi) is 4.99. The number of benzene rings is 3. The number of ether oxygens (including phenoxy) is 2. The Balaban J connectivity index is 1.83. The SMILES string of the molecule is COc1cccc(-c2cccc(OCc3ccccc3)c2)c1Br. The highest BCUT2D eigenvalue weighted by molar-refractivity contribution is 9.10. The fraction of sp³-hybridized carbons (Fsp3) is 0.100. The normalized spacial score (nSPS) is 10.3. The number of hydrogen-bond acceptors (Lipinski definition) is 2. The van der Waals surface area contributed by atoms with E-state index in [0.29, 0.717) is 6.61 Å². The lowest BCUT2D eigenvalue weighted by molar-refractivity contribution is 0.306. The molecule has 0 amide bonds. The number of rotatable bonds is 5. The van der Waals surface area contributed by atoms with Crippen LogP contribution in [-0.4, -0.2) is 7.11 Å². The molecular weight excluding hydrogens is 352 g/mol. The Morgan fingerprint density at radius 2 is 1.65 bits per heavy atom. The third kappa shape index (κ3) is 3.74. The standard InChI is InChI=1S/C20H17BrO2/c1-22-19-12-6-11-18(20(19)21)16-9-5-10-17(13-16)23-14-15-7-3-2-4-8-15/h2-13H,14H2,1H3. The monoisotopic (exact) mass is 368 g/mol. The van der Waals surface area contributed by atoms with Crippen molar-refractivity contribution in [3.05, 3.63) is 82.8 Å². The second-order valence-corrected chi connectivity index (χ2v) is 5.92. The highest BCUT2D eigenvalue weighted by Gasteiger charge is 2.08. The van der Waals surface area contributed by atoms with Gasteiger partial charge >= 0.3 is 0 Å². The molecule has 0 radical (unpaired) electrons. The van der Waals surface area contributed by atoms with Gasteiger partial charge in [-0.3, -0.25) is 0 Å². The van der Waals surface area contributed by atoms with Crippen molar-refractivity contribution < 1.29 is 9.47 Å².